The predicted octanol–water partition coefficient (Wildman–Crippen LogP) is 4.34. The lowest BCUT2D eigenvalue weighted by molar-refractivity contribution is -0.118. The molecule has 1 amide bonds. The summed E-state index contributed by atoms with van der Waals surface area (Å²) in [5.74, 6) is -0.186. The van der Waals surface area contributed by atoms with E-state index in [1.807, 2.05) is 12.1 Å². The number of H-pyrrole nitrogens is 3. The number of nitrogens with one attached hydrogen (secondary N) is 4. The van der Waals surface area contributed by atoms with Gasteiger partial charge in [0.15, 0.2) is 21.8 Å². The van der Waals surface area contributed by atoms with Crippen molar-refractivity contribution in [2.75, 3.05) is 52.6 Å². The number of benzene rings is 3. The zero-order valence-electron chi connectivity index (χ0n) is 52.1. The summed E-state index contributed by atoms with van der Waals surface area (Å²) in [6, 6.07) is 26.3. The number of hydrogen-bond acceptors (Lipinski definition) is 25. The van der Waals surface area contributed by atoms with Gasteiger partial charge in [-0.1, -0.05) is 68.4 Å². The molecule has 34 heteroatoms. The normalized spacial score (nSPS) is 24.0. The van der Waals surface area contributed by atoms with E-state index in [0.29, 0.717) is 28.2 Å². The third-order valence-electron chi connectivity index (χ3n) is 16.6. The highest BCUT2D eigenvalue weighted by atomic mass is 31.2. The Morgan fingerprint density at radius 2 is 1.19 bits per heavy atom. The third-order valence-corrected chi connectivity index (χ3v) is 21.4. The van der Waals surface area contributed by atoms with E-state index in [2.05, 4.69) is 30.2 Å². The summed E-state index contributed by atoms with van der Waals surface area (Å²) in [4.78, 5) is 93.9. The molecule has 3 aliphatic rings. The molecule has 7 N–H and O–H groups in total. The average Bonchev–Trinajstić information content (AvgIpc) is 1.69. The molecule has 10 rings (SSSR count). The Hall–Kier alpha value is -8.56. The number of fused-ring (bicyclic) bond motifs is 1. The lowest BCUT2D eigenvalue weighted by Gasteiger charge is -2.40. The van der Waals surface area contributed by atoms with E-state index in [4.69, 9.17) is 46.5 Å². The van der Waals surface area contributed by atoms with Crippen LogP contribution in [0.1, 0.15) is 92.5 Å². The van der Waals surface area contributed by atoms with Crippen LogP contribution < -0.4 is 42.8 Å². The molecule has 3 fully saturated rings. The standard InChI is InChI=1S/C61H69N11O21P2/c1-35(2)52(74)66-56-65-51-50(55(77)67-56)64-34-72(51)47-26-43(73)44(91-47)31-89-94(82,87-24-10-22-62)60(81)28-49(71-30-37(4)54(76)69-58(71)79)93-46(60)33-90-95(83,88-25-11-23-63)59(80)27-48(70-29-36(3)53(75)68-57(70)78)92-45(59)32-86-61(38-12-8-7-9-13-38,39-14-18-41(84-5)19-15-39)40-16-20-42(85-6)21-17-40/h7-9,12-21,29-30,34-35,43-49,73,80-81H,10-11,24-28,31-33H2,1-6H3,(H,68,75,78)(H,69,76,79)(H2,65,66,67,74,77)/t43-,44+,45+,46+,47+,48+,49+,59+,60+,94?,95?/m0/s1. The van der Waals surface area contributed by atoms with E-state index in [0.717, 1.165) is 21.5 Å². The number of nitriles is 2. The van der Waals surface area contributed by atoms with Gasteiger partial charge in [0.2, 0.25) is 11.9 Å². The van der Waals surface area contributed by atoms with Gasteiger partial charge in [-0.25, -0.2) is 14.6 Å². The molecule has 4 aromatic heterocycles. The molecule has 95 heavy (non-hydrogen) atoms. The summed E-state index contributed by atoms with van der Waals surface area (Å²) in [5.41, 5.74) is -4.71. The molecule has 3 aliphatic heterocycles. The molecule has 3 aromatic carbocycles. The summed E-state index contributed by atoms with van der Waals surface area (Å²) in [7, 11) is -7.96. The number of aromatic nitrogens is 8. The Bertz CT molecular complexity index is 4400. The zero-order valence-corrected chi connectivity index (χ0v) is 53.9. The van der Waals surface area contributed by atoms with Gasteiger partial charge in [0.05, 0.1) is 84.7 Å². The van der Waals surface area contributed by atoms with Crippen LogP contribution in [0.15, 0.2) is 122 Å². The lowest BCUT2D eigenvalue weighted by atomic mass is 9.80. The molecule has 2 unspecified atom stereocenters. The van der Waals surface area contributed by atoms with Crippen molar-refractivity contribution >= 4 is 38.2 Å². The number of aliphatic hydroxyl groups is 3. The van der Waals surface area contributed by atoms with Crippen molar-refractivity contribution in [1.82, 2.24) is 38.6 Å². The number of aryl methyl sites for hydroxylation is 2. The smallest absolute Gasteiger partial charge is 0.365 e. The highest BCUT2D eigenvalue weighted by molar-refractivity contribution is 7.56. The topological polar surface area (TPSA) is 437 Å². The molecular weight excluding hydrogens is 1280 g/mol. The van der Waals surface area contributed by atoms with Crippen molar-refractivity contribution in [3.05, 3.63) is 177 Å². The maximum atomic E-state index is 16.4. The van der Waals surface area contributed by atoms with Crippen LogP contribution >= 0.6 is 15.2 Å². The van der Waals surface area contributed by atoms with Crippen LogP contribution in [-0.4, -0.2) is 142 Å². The first-order chi connectivity index (χ1) is 45.3. The van der Waals surface area contributed by atoms with E-state index in [-0.39, 0.29) is 34.7 Å². The van der Waals surface area contributed by atoms with E-state index >= 15 is 9.13 Å². The number of methoxy groups -OCH3 is 2. The van der Waals surface area contributed by atoms with Crippen LogP contribution in [0, 0.1) is 42.4 Å². The van der Waals surface area contributed by atoms with Crippen LogP contribution in [0.4, 0.5) is 5.95 Å². The van der Waals surface area contributed by atoms with Gasteiger partial charge in [-0.15, -0.1) is 0 Å². The van der Waals surface area contributed by atoms with Gasteiger partial charge < -0.3 is 61.8 Å². The van der Waals surface area contributed by atoms with E-state index in [1.54, 1.807) is 92.7 Å². The average molecular weight is 1350 g/mol. The van der Waals surface area contributed by atoms with Gasteiger partial charge in [0.25, 0.3) is 16.7 Å². The molecule has 0 bridgehead atoms. The number of carbonyl (C=O) groups is 1. The second kappa shape index (κ2) is 28.4. The Labute approximate surface area is 539 Å². The SMILES string of the molecule is COc1ccc(C(OC[C@H]2O[C@@H](n3cc(C)c(=O)[nH]c3=O)C[C@@]2(O)P(=O)(OCCC#N)OC[C@H]2O[C@@H](n3cc(C)c(=O)[nH]c3=O)C[C@@]2(O)P(=O)(OCCC#N)OC[C@H]2O[C@@H](n3cnc4c(=O)[nH]c(NC(=O)C(C)C)nc43)C[C@@H]2O)(c2ccccc2)c2ccc(OC)cc2)cc1. The molecule has 0 aliphatic carbocycles. The van der Waals surface area contributed by atoms with Crippen molar-refractivity contribution < 1.29 is 75.8 Å². The number of hydrogen-bond donors (Lipinski definition) is 7. The first-order valence-electron chi connectivity index (χ1n) is 29.9. The number of aromatic amines is 3. The van der Waals surface area contributed by atoms with Gasteiger partial charge in [-0.05, 0) is 54.8 Å². The maximum Gasteiger partial charge on any atom is 0.365 e. The van der Waals surface area contributed by atoms with Crippen LogP contribution in [0.25, 0.3) is 11.2 Å². The predicted molar refractivity (Wildman–Crippen MR) is 333 cm³/mol. The largest absolute Gasteiger partial charge is 0.497 e. The molecular formula is C61H69N11O21P2. The number of aliphatic hydroxyl groups excluding tert-OH is 1. The summed E-state index contributed by atoms with van der Waals surface area (Å²) in [6.07, 6.45) is -10.9. The Morgan fingerprint density at radius 1 is 0.695 bits per heavy atom. The fourth-order valence-electron chi connectivity index (χ4n) is 11.4. The molecule has 32 nitrogen and oxygen atoms in total. The lowest BCUT2D eigenvalue weighted by Crippen LogP contribution is -2.46. The minimum atomic E-state index is -5.54. The van der Waals surface area contributed by atoms with Crippen LogP contribution in [0.2, 0.25) is 0 Å². The van der Waals surface area contributed by atoms with Gasteiger partial charge in [-0.3, -0.25) is 62.3 Å². The number of amides is 1. The maximum absolute atomic E-state index is 16.4. The molecule has 504 valence electrons. The van der Waals surface area contributed by atoms with Crippen molar-refractivity contribution in [2.24, 2.45) is 5.92 Å². The molecule has 11 atom stereocenters. The quantitative estimate of drug-likeness (QED) is 0.0214. The molecule has 0 saturated carbocycles. The summed E-state index contributed by atoms with van der Waals surface area (Å²) in [5, 5.41) is 54.5. The number of imidazole rings is 1. The molecule has 0 radical (unpaired) electrons. The Balaban J connectivity index is 1.04. The number of rotatable bonds is 27. The molecule has 0 spiro atoms. The fraction of sp³-hybridized carbons (Fsp3) is 0.443. The Kier molecular flexibility index (Phi) is 20.7. The van der Waals surface area contributed by atoms with Crippen molar-refractivity contribution in [3.8, 4) is 23.6 Å². The van der Waals surface area contributed by atoms with Crippen molar-refractivity contribution in [3.63, 3.8) is 0 Å². The van der Waals surface area contributed by atoms with E-state index < -0.39 is 173 Å². The first kappa shape index (κ1) is 69.3. The monoisotopic (exact) mass is 1350 g/mol. The van der Waals surface area contributed by atoms with Crippen molar-refractivity contribution in [2.45, 2.75) is 119 Å². The van der Waals surface area contributed by atoms with Crippen LogP contribution in [0.5, 0.6) is 11.5 Å². The highest BCUT2D eigenvalue weighted by Crippen LogP contribution is 2.69. The van der Waals surface area contributed by atoms with Gasteiger partial charge in [-0.2, -0.15) is 15.5 Å². The first-order valence-corrected chi connectivity index (χ1v) is 32.9. The minimum Gasteiger partial charge on any atom is -0.497 e. The minimum absolute atomic E-state index is 0.0232. The number of anilines is 1. The van der Waals surface area contributed by atoms with Gasteiger partial charge in [0.1, 0.15) is 54.1 Å². The molecule has 7 aromatic rings. The zero-order chi connectivity index (χ0) is 68.2. The number of carbonyl (C=O) groups excluding carboxylic acids is 1. The molecule has 3 saturated heterocycles. The highest BCUT2D eigenvalue weighted by Gasteiger charge is 2.66. The van der Waals surface area contributed by atoms with Gasteiger partial charge in [0, 0.05) is 48.7 Å². The summed E-state index contributed by atoms with van der Waals surface area (Å²) in [6.45, 7) is 1.74. The fourth-order valence-corrected chi connectivity index (χ4v) is 15.5. The summed E-state index contributed by atoms with van der Waals surface area (Å²) >= 11 is 0. The van der Waals surface area contributed by atoms with Crippen LogP contribution in [-0.2, 0) is 56.6 Å². The van der Waals surface area contributed by atoms with Gasteiger partial charge >= 0.3 is 26.6 Å². The van der Waals surface area contributed by atoms with E-state index in [9.17, 15) is 54.6 Å². The number of ether oxygens (including phenoxy) is 6. The molecule has 7 heterocycles. The Morgan fingerprint density at radius 3 is 1.68 bits per heavy atom. The van der Waals surface area contributed by atoms with Crippen molar-refractivity contribution in [1.29, 1.82) is 10.5 Å². The van der Waals surface area contributed by atoms with Crippen LogP contribution in [0.3, 0.4) is 0 Å². The third kappa shape index (κ3) is 13.7. The summed E-state index contributed by atoms with van der Waals surface area (Å²) < 4.78 is 97.1. The second-order valence-corrected chi connectivity index (χ2v) is 27.6. The second-order valence-electron chi connectivity index (χ2n) is 23.0. The van der Waals surface area contributed by atoms with E-state index in [1.165, 1.54) is 39.0 Å². The number of nitrogens with zero attached hydrogens (tertiary/aromatic N) is 7.